The summed E-state index contributed by atoms with van der Waals surface area (Å²) in [5, 5.41) is 6.57. The zero-order chi connectivity index (χ0) is 17.8. The zero-order valence-corrected chi connectivity index (χ0v) is 15.6. The first kappa shape index (κ1) is 17.8. The van der Waals surface area contributed by atoms with E-state index in [-0.39, 0.29) is 17.2 Å². The molecule has 0 aliphatic carbocycles. The zero-order valence-electron chi connectivity index (χ0n) is 14.1. The van der Waals surface area contributed by atoms with Crippen LogP contribution in [0.1, 0.15) is 25.5 Å². The van der Waals surface area contributed by atoms with Crippen molar-refractivity contribution < 1.29 is 4.79 Å². The molecule has 2 atom stereocenters. The van der Waals surface area contributed by atoms with Gasteiger partial charge in [-0.15, -0.1) is 0 Å². The van der Waals surface area contributed by atoms with Gasteiger partial charge >= 0.3 is 0 Å². The van der Waals surface area contributed by atoms with Gasteiger partial charge in [-0.3, -0.25) is 4.79 Å². The van der Waals surface area contributed by atoms with Gasteiger partial charge < -0.3 is 5.32 Å². The van der Waals surface area contributed by atoms with Gasteiger partial charge in [0, 0.05) is 6.20 Å². The van der Waals surface area contributed by atoms with Crippen LogP contribution < -0.4 is 5.32 Å². The Kier molecular flexibility index (Phi) is 5.61. The molecule has 0 bridgehead atoms. The lowest BCUT2D eigenvalue weighted by Gasteiger charge is -2.19. The third-order valence-electron chi connectivity index (χ3n) is 4.02. The topological polar surface area (TPSA) is 42.0 Å². The van der Waals surface area contributed by atoms with Crippen LogP contribution in [-0.4, -0.2) is 16.1 Å². The highest BCUT2D eigenvalue weighted by Crippen LogP contribution is 2.26. The second-order valence-corrected chi connectivity index (χ2v) is 7.67. The van der Waals surface area contributed by atoms with E-state index in [0.29, 0.717) is 5.02 Å². The monoisotopic (exact) mass is 370 g/mol. The number of rotatable bonds is 5. The largest absolute Gasteiger partial charge is 0.349 e. The van der Waals surface area contributed by atoms with Gasteiger partial charge in [0.15, 0.2) is 0 Å². The van der Waals surface area contributed by atoms with Crippen LogP contribution in [0.25, 0.3) is 10.8 Å². The molecule has 3 nitrogen and oxygen atoms in total. The fourth-order valence-corrected chi connectivity index (χ4v) is 3.61. The van der Waals surface area contributed by atoms with Crippen LogP contribution in [0.5, 0.6) is 0 Å². The van der Waals surface area contributed by atoms with Crippen molar-refractivity contribution in [2.45, 2.75) is 30.2 Å². The second-order valence-electron chi connectivity index (χ2n) is 5.87. The van der Waals surface area contributed by atoms with E-state index in [1.54, 1.807) is 12.3 Å². The van der Waals surface area contributed by atoms with Crippen LogP contribution >= 0.6 is 23.4 Å². The van der Waals surface area contributed by atoms with Crippen LogP contribution in [0.4, 0.5) is 0 Å². The Morgan fingerprint density at radius 2 is 1.84 bits per heavy atom. The van der Waals surface area contributed by atoms with Gasteiger partial charge in [0.05, 0.1) is 21.3 Å². The third kappa shape index (κ3) is 4.33. The van der Waals surface area contributed by atoms with Crippen LogP contribution in [0.3, 0.4) is 0 Å². The van der Waals surface area contributed by atoms with Crippen molar-refractivity contribution in [3.05, 3.63) is 71.4 Å². The lowest BCUT2D eigenvalue weighted by Crippen LogP contribution is -2.33. The molecule has 0 aliphatic rings. The summed E-state index contributed by atoms with van der Waals surface area (Å²) in [6.45, 7) is 3.89. The number of carbonyl (C=O) groups is 1. The minimum absolute atomic E-state index is 0.0119. The number of fused-ring (bicyclic) bond motifs is 1. The summed E-state index contributed by atoms with van der Waals surface area (Å²) in [6, 6.07) is 17.9. The number of carbonyl (C=O) groups excluding carboxylic acids is 1. The molecule has 0 spiro atoms. The van der Waals surface area contributed by atoms with E-state index >= 15 is 0 Å². The summed E-state index contributed by atoms with van der Waals surface area (Å²) in [4.78, 5) is 16.8. The minimum Gasteiger partial charge on any atom is -0.349 e. The number of hydrogen-bond donors (Lipinski definition) is 1. The molecule has 3 rings (SSSR count). The summed E-state index contributed by atoms with van der Waals surface area (Å²) in [7, 11) is 0. The van der Waals surface area contributed by atoms with Gasteiger partial charge in [-0.1, -0.05) is 65.8 Å². The SMILES string of the molecule is CC(Sc1ccc(Cl)cn1)C(=O)NC(C)c1cccc2ccccc12. The van der Waals surface area contributed by atoms with Crippen molar-refractivity contribution in [1.29, 1.82) is 0 Å². The van der Waals surface area contributed by atoms with Gasteiger partial charge in [0.25, 0.3) is 0 Å². The van der Waals surface area contributed by atoms with E-state index in [0.717, 1.165) is 16.0 Å². The molecule has 0 saturated heterocycles. The van der Waals surface area contributed by atoms with E-state index in [9.17, 15) is 4.79 Å². The summed E-state index contributed by atoms with van der Waals surface area (Å²) in [5.74, 6) is -0.0119. The fourth-order valence-electron chi connectivity index (χ4n) is 2.70. The number of aromatic nitrogens is 1. The number of benzene rings is 2. The second kappa shape index (κ2) is 7.89. The van der Waals surface area contributed by atoms with Crippen LogP contribution in [0.2, 0.25) is 5.02 Å². The van der Waals surface area contributed by atoms with Crippen LogP contribution in [0, 0.1) is 0 Å². The number of thioether (sulfide) groups is 1. The lowest BCUT2D eigenvalue weighted by molar-refractivity contribution is -0.120. The van der Waals surface area contributed by atoms with Gasteiger partial charge in [-0.2, -0.15) is 0 Å². The average molecular weight is 371 g/mol. The van der Waals surface area contributed by atoms with Crippen molar-refractivity contribution in [1.82, 2.24) is 10.3 Å². The van der Waals surface area contributed by atoms with E-state index in [1.807, 2.05) is 38.1 Å². The highest BCUT2D eigenvalue weighted by atomic mass is 35.5. The van der Waals surface area contributed by atoms with Gasteiger partial charge in [-0.25, -0.2) is 4.98 Å². The Balaban J connectivity index is 1.70. The molecule has 2 aromatic carbocycles. The number of halogens is 1. The number of nitrogens with zero attached hydrogens (tertiary/aromatic N) is 1. The molecule has 0 saturated carbocycles. The van der Waals surface area contributed by atoms with Crippen LogP contribution in [-0.2, 0) is 4.79 Å². The highest BCUT2D eigenvalue weighted by Gasteiger charge is 2.18. The van der Waals surface area contributed by atoms with Gasteiger partial charge in [0.1, 0.15) is 0 Å². The molecule has 2 unspecified atom stereocenters. The van der Waals surface area contributed by atoms with Gasteiger partial charge in [0.2, 0.25) is 5.91 Å². The Morgan fingerprint density at radius 1 is 1.08 bits per heavy atom. The molecular weight excluding hydrogens is 352 g/mol. The van der Waals surface area contributed by atoms with Crippen molar-refractivity contribution in [3.8, 4) is 0 Å². The molecule has 3 aromatic rings. The Bertz CT molecular complexity index is 877. The molecule has 5 heteroatoms. The van der Waals surface area contributed by atoms with Crippen molar-refractivity contribution in [2.24, 2.45) is 0 Å². The first-order valence-corrected chi connectivity index (χ1v) is 9.36. The van der Waals surface area contributed by atoms with E-state index < -0.39 is 0 Å². The van der Waals surface area contributed by atoms with E-state index in [1.165, 1.54) is 17.1 Å². The first-order valence-electron chi connectivity index (χ1n) is 8.11. The molecule has 0 aliphatic heterocycles. The molecule has 25 heavy (non-hydrogen) atoms. The van der Waals surface area contributed by atoms with E-state index in [2.05, 4.69) is 34.6 Å². The molecule has 1 aromatic heterocycles. The maximum Gasteiger partial charge on any atom is 0.233 e. The van der Waals surface area contributed by atoms with Crippen molar-refractivity contribution >= 4 is 40.0 Å². The smallest absolute Gasteiger partial charge is 0.233 e. The minimum atomic E-state index is -0.244. The third-order valence-corrected chi connectivity index (χ3v) is 5.29. The number of hydrogen-bond acceptors (Lipinski definition) is 3. The lowest BCUT2D eigenvalue weighted by atomic mass is 9.99. The van der Waals surface area contributed by atoms with Gasteiger partial charge in [-0.05, 0) is 42.3 Å². The Morgan fingerprint density at radius 3 is 2.60 bits per heavy atom. The average Bonchev–Trinajstić information content (AvgIpc) is 2.63. The summed E-state index contributed by atoms with van der Waals surface area (Å²) in [5.41, 5.74) is 1.12. The summed E-state index contributed by atoms with van der Waals surface area (Å²) < 4.78 is 0. The molecule has 0 radical (unpaired) electrons. The van der Waals surface area contributed by atoms with Crippen molar-refractivity contribution in [2.75, 3.05) is 0 Å². The van der Waals surface area contributed by atoms with Crippen molar-refractivity contribution in [3.63, 3.8) is 0 Å². The standard InChI is InChI=1S/C20H19ClN2OS/c1-13(17-9-5-7-15-6-3-4-8-18(15)17)23-20(24)14(2)25-19-11-10-16(21)12-22-19/h3-14H,1-2H3,(H,23,24). The molecular formula is C20H19ClN2OS. The Labute approximate surface area is 156 Å². The normalized spacial score (nSPS) is 13.4. The predicted octanol–water partition coefficient (Wildman–Crippen LogP) is 5.25. The maximum atomic E-state index is 12.5. The Hall–Kier alpha value is -2.04. The molecule has 0 fully saturated rings. The fraction of sp³-hybridized carbons (Fsp3) is 0.200. The first-order chi connectivity index (χ1) is 12.0. The molecule has 1 heterocycles. The highest BCUT2D eigenvalue weighted by molar-refractivity contribution is 8.00. The summed E-state index contributed by atoms with van der Waals surface area (Å²) in [6.07, 6.45) is 1.59. The molecule has 128 valence electrons. The number of amides is 1. The summed E-state index contributed by atoms with van der Waals surface area (Å²) >= 11 is 7.26. The quantitative estimate of drug-likeness (QED) is 0.624. The molecule has 1 N–H and O–H groups in total. The van der Waals surface area contributed by atoms with E-state index in [4.69, 9.17) is 11.6 Å². The number of pyridine rings is 1. The maximum absolute atomic E-state index is 12.5. The predicted molar refractivity (Wildman–Crippen MR) is 105 cm³/mol. The van der Waals surface area contributed by atoms with Crippen LogP contribution in [0.15, 0.2) is 65.8 Å². The molecule has 1 amide bonds. The number of nitrogens with one attached hydrogen (secondary N) is 1.